The van der Waals surface area contributed by atoms with E-state index in [1.165, 1.54) is 0 Å². The van der Waals surface area contributed by atoms with Crippen LogP contribution in [0.5, 0.6) is 0 Å². The van der Waals surface area contributed by atoms with Crippen molar-refractivity contribution in [3.05, 3.63) is 11.6 Å². The number of nitrogens with one attached hydrogen (secondary N) is 1. The van der Waals surface area contributed by atoms with Crippen LogP contribution in [0.15, 0.2) is 11.6 Å². The van der Waals surface area contributed by atoms with Gasteiger partial charge in [0.05, 0.1) is 6.61 Å². The summed E-state index contributed by atoms with van der Waals surface area (Å²) in [5.41, 5.74) is 0.739. The van der Waals surface area contributed by atoms with Crippen molar-refractivity contribution in [3.8, 4) is 0 Å². The van der Waals surface area contributed by atoms with Crippen LogP contribution in [-0.2, 0) is 4.79 Å². The molecule has 0 fully saturated rings. The Balaban J connectivity index is 3.70. The molecule has 0 aromatic rings. The van der Waals surface area contributed by atoms with Crippen molar-refractivity contribution >= 4 is 5.97 Å². The monoisotopic (exact) mass is 173 g/mol. The quantitative estimate of drug-likeness (QED) is 0.511. The topological polar surface area (TPSA) is 69.6 Å². The van der Waals surface area contributed by atoms with Crippen molar-refractivity contribution in [1.82, 2.24) is 5.32 Å². The predicted molar refractivity (Wildman–Crippen MR) is 45.9 cm³/mol. The second kappa shape index (κ2) is 5.74. The van der Waals surface area contributed by atoms with Gasteiger partial charge in [-0.3, -0.25) is 0 Å². The molecule has 0 amide bonds. The summed E-state index contributed by atoms with van der Waals surface area (Å²) in [5.74, 6) is -0.939. The molecule has 1 atom stereocenters. The number of hydrogen-bond donors (Lipinski definition) is 3. The Morgan fingerprint density at radius 2 is 2.25 bits per heavy atom. The van der Waals surface area contributed by atoms with Crippen molar-refractivity contribution in [3.63, 3.8) is 0 Å². The van der Waals surface area contributed by atoms with E-state index in [0.717, 1.165) is 11.6 Å². The SMILES string of the molecule is CC(=CC(=O)O)CNC(C)CO. The lowest BCUT2D eigenvalue weighted by molar-refractivity contribution is -0.131. The van der Waals surface area contributed by atoms with E-state index in [2.05, 4.69) is 5.32 Å². The molecule has 70 valence electrons. The highest BCUT2D eigenvalue weighted by atomic mass is 16.4. The first kappa shape index (κ1) is 11.1. The van der Waals surface area contributed by atoms with Crippen LogP contribution in [0.4, 0.5) is 0 Å². The lowest BCUT2D eigenvalue weighted by Gasteiger charge is -2.09. The zero-order chi connectivity index (χ0) is 9.56. The minimum Gasteiger partial charge on any atom is -0.478 e. The highest BCUT2D eigenvalue weighted by Gasteiger charge is 1.98. The maximum atomic E-state index is 10.2. The second-order valence-corrected chi connectivity index (χ2v) is 2.79. The van der Waals surface area contributed by atoms with E-state index in [9.17, 15) is 4.79 Å². The smallest absolute Gasteiger partial charge is 0.328 e. The number of carbonyl (C=O) groups is 1. The zero-order valence-electron chi connectivity index (χ0n) is 7.37. The van der Waals surface area contributed by atoms with Gasteiger partial charge in [-0.05, 0) is 13.8 Å². The van der Waals surface area contributed by atoms with Gasteiger partial charge in [0, 0.05) is 18.7 Å². The molecular weight excluding hydrogens is 158 g/mol. The third kappa shape index (κ3) is 5.88. The first-order valence-corrected chi connectivity index (χ1v) is 3.80. The number of aliphatic hydroxyl groups excluding tert-OH is 1. The molecule has 0 heterocycles. The average molecular weight is 173 g/mol. The van der Waals surface area contributed by atoms with E-state index in [1.807, 2.05) is 6.92 Å². The summed E-state index contributed by atoms with van der Waals surface area (Å²) in [5, 5.41) is 19.9. The highest BCUT2D eigenvalue weighted by molar-refractivity contribution is 5.80. The van der Waals surface area contributed by atoms with E-state index in [0.29, 0.717) is 6.54 Å². The van der Waals surface area contributed by atoms with Crippen LogP contribution in [-0.4, -0.2) is 35.4 Å². The molecule has 0 aliphatic carbocycles. The average Bonchev–Trinajstić information content (AvgIpc) is 1.99. The van der Waals surface area contributed by atoms with Gasteiger partial charge < -0.3 is 15.5 Å². The molecule has 12 heavy (non-hydrogen) atoms. The summed E-state index contributed by atoms with van der Waals surface area (Å²) >= 11 is 0. The summed E-state index contributed by atoms with van der Waals surface area (Å²) in [4.78, 5) is 10.2. The fraction of sp³-hybridized carbons (Fsp3) is 0.625. The summed E-state index contributed by atoms with van der Waals surface area (Å²) in [6.45, 7) is 4.10. The molecule has 0 saturated carbocycles. The molecule has 0 saturated heterocycles. The van der Waals surface area contributed by atoms with Gasteiger partial charge >= 0.3 is 5.97 Å². The van der Waals surface area contributed by atoms with Crippen LogP contribution in [0, 0.1) is 0 Å². The number of carboxylic acid groups (broad SMARTS) is 1. The largest absolute Gasteiger partial charge is 0.478 e. The Hall–Kier alpha value is -0.870. The highest BCUT2D eigenvalue weighted by Crippen LogP contribution is 1.90. The molecule has 0 aromatic carbocycles. The fourth-order valence-electron chi connectivity index (χ4n) is 0.662. The van der Waals surface area contributed by atoms with Crippen LogP contribution in [0.25, 0.3) is 0 Å². The molecule has 1 unspecified atom stereocenters. The number of hydrogen-bond acceptors (Lipinski definition) is 3. The molecule has 0 aliphatic rings. The molecule has 3 N–H and O–H groups in total. The molecule has 4 nitrogen and oxygen atoms in total. The van der Waals surface area contributed by atoms with Crippen molar-refractivity contribution in [1.29, 1.82) is 0 Å². The maximum absolute atomic E-state index is 10.2. The molecule has 0 bridgehead atoms. The van der Waals surface area contributed by atoms with Crippen molar-refractivity contribution in [2.45, 2.75) is 19.9 Å². The van der Waals surface area contributed by atoms with E-state index < -0.39 is 5.97 Å². The zero-order valence-corrected chi connectivity index (χ0v) is 7.37. The van der Waals surface area contributed by atoms with Crippen LogP contribution >= 0.6 is 0 Å². The van der Waals surface area contributed by atoms with Gasteiger partial charge in [0.1, 0.15) is 0 Å². The van der Waals surface area contributed by atoms with Gasteiger partial charge in [0.15, 0.2) is 0 Å². The predicted octanol–water partition coefficient (Wildman–Crippen LogP) is -0.0123. The third-order valence-corrected chi connectivity index (χ3v) is 1.37. The first-order chi connectivity index (χ1) is 5.56. The Labute approximate surface area is 71.9 Å². The number of rotatable bonds is 5. The molecule has 0 aliphatic heterocycles. The van der Waals surface area contributed by atoms with Crippen LogP contribution < -0.4 is 5.32 Å². The van der Waals surface area contributed by atoms with Gasteiger partial charge in [-0.2, -0.15) is 0 Å². The van der Waals surface area contributed by atoms with Crippen LogP contribution in [0.3, 0.4) is 0 Å². The summed E-state index contributed by atoms with van der Waals surface area (Å²) in [6.07, 6.45) is 1.15. The molecule has 0 rings (SSSR count). The van der Waals surface area contributed by atoms with Gasteiger partial charge in [0.2, 0.25) is 0 Å². The Kier molecular flexibility index (Phi) is 5.32. The summed E-state index contributed by atoms with van der Waals surface area (Å²) < 4.78 is 0. The van der Waals surface area contributed by atoms with Gasteiger partial charge in [-0.1, -0.05) is 5.57 Å². The van der Waals surface area contributed by atoms with Crippen LogP contribution in [0.2, 0.25) is 0 Å². The van der Waals surface area contributed by atoms with Crippen molar-refractivity contribution in [2.75, 3.05) is 13.2 Å². The number of aliphatic carboxylic acids is 1. The maximum Gasteiger partial charge on any atom is 0.328 e. The Morgan fingerprint density at radius 3 is 2.67 bits per heavy atom. The van der Waals surface area contributed by atoms with E-state index in [-0.39, 0.29) is 12.6 Å². The Bertz CT molecular complexity index is 177. The lowest BCUT2D eigenvalue weighted by atomic mass is 10.2. The minimum atomic E-state index is -0.939. The molecule has 0 aromatic heterocycles. The van der Waals surface area contributed by atoms with Crippen molar-refractivity contribution in [2.24, 2.45) is 0 Å². The normalized spacial score (nSPS) is 14.4. The third-order valence-electron chi connectivity index (χ3n) is 1.37. The molecular formula is C8H15NO3. The van der Waals surface area contributed by atoms with Gasteiger partial charge in [0.25, 0.3) is 0 Å². The minimum absolute atomic E-state index is 0.00199. The van der Waals surface area contributed by atoms with E-state index >= 15 is 0 Å². The van der Waals surface area contributed by atoms with Crippen molar-refractivity contribution < 1.29 is 15.0 Å². The lowest BCUT2D eigenvalue weighted by Crippen LogP contribution is -2.30. The molecule has 0 spiro atoms. The van der Waals surface area contributed by atoms with E-state index in [4.69, 9.17) is 10.2 Å². The summed E-state index contributed by atoms with van der Waals surface area (Å²) in [6, 6.07) is 0.00199. The van der Waals surface area contributed by atoms with Crippen LogP contribution in [0.1, 0.15) is 13.8 Å². The Morgan fingerprint density at radius 1 is 1.67 bits per heavy atom. The first-order valence-electron chi connectivity index (χ1n) is 3.80. The standard InChI is InChI=1S/C8H15NO3/c1-6(3-8(11)12)4-9-7(2)5-10/h3,7,9-10H,4-5H2,1-2H3,(H,11,12). The molecule has 0 radical (unpaired) electrons. The van der Waals surface area contributed by atoms with Gasteiger partial charge in [-0.15, -0.1) is 0 Å². The van der Waals surface area contributed by atoms with Gasteiger partial charge in [-0.25, -0.2) is 4.79 Å². The fourth-order valence-corrected chi connectivity index (χ4v) is 0.662. The second-order valence-electron chi connectivity index (χ2n) is 2.79. The number of carboxylic acids is 1. The molecule has 4 heteroatoms. The summed E-state index contributed by atoms with van der Waals surface area (Å²) in [7, 11) is 0. The van der Waals surface area contributed by atoms with E-state index in [1.54, 1.807) is 6.92 Å². The number of aliphatic hydroxyl groups is 1.